The topological polar surface area (TPSA) is 23.1 Å². The molecule has 98 valence electrons. The van der Waals surface area contributed by atoms with E-state index in [4.69, 9.17) is 0 Å². The molecule has 0 bridgehead atoms. The molecule has 0 fully saturated rings. The van der Waals surface area contributed by atoms with E-state index in [0.29, 0.717) is 4.90 Å². The highest BCUT2D eigenvalue weighted by Crippen LogP contribution is 2.47. The Morgan fingerprint density at radius 3 is 2.26 bits per heavy atom. The van der Waals surface area contributed by atoms with E-state index in [9.17, 15) is 22.1 Å². The first kappa shape index (κ1) is 12.8. The van der Waals surface area contributed by atoms with Gasteiger partial charge in [0.1, 0.15) is 4.90 Å². The molecule has 0 saturated carbocycles. The molecular formula is C12H4F4OS2. The van der Waals surface area contributed by atoms with Crippen LogP contribution in [0.1, 0.15) is 0 Å². The SMILES string of the molecule is [O-][S+]1c2ccccc2Sc2c(F)c(F)c(F)c(F)c21. The first-order chi connectivity index (χ1) is 9.02. The first-order valence-corrected chi connectivity index (χ1v) is 7.03. The summed E-state index contributed by atoms with van der Waals surface area (Å²) in [6.45, 7) is 0. The van der Waals surface area contributed by atoms with Crippen molar-refractivity contribution in [1.82, 2.24) is 0 Å². The molecule has 1 heterocycles. The summed E-state index contributed by atoms with van der Waals surface area (Å²) in [4.78, 5) is -0.421. The fourth-order valence-electron chi connectivity index (χ4n) is 1.76. The predicted molar refractivity (Wildman–Crippen MR) is 61.5 cm³/mol. The number of hydrogen-bond donors (Lipinski definition) is 0. The lowest BCUT2D eigenvalue weighted by atomic mass is 10.3. The van der Waals surface area contributed by atoms with Gasteiger partial charge < -0.3 is 4.55 Å². The van der Waals surface area contributed by atoms with Crippen LogP contribution >= 0.6 is 11.8 Å². The average molecular weight is 304 g/mol. The number of rotatable bonds is 0. The smallest absolute Gasteiger partial charge is 0.218 e. The van der Waals surface area contributed by atoms with Crippen LogP contribution in [0.4, 0.5) is 17.6 Å². The summed E-state index contributed by atoms with van der Waals surface area (Å²) in [5.41, 5.74) is 0. The standard InChI is InChI=1S/C12H4F4OS2/c13-7-8(14)10(16)12-11(9(7)15)18-5-3-1-2-4-6(5)19(12)17/h1-4H. The van der Waals surface area contributed by atoms with Crippen molar-refractivity contribution in [3.05, 3.63) is 47.5 Å². The Labute approximate surface area is 112 Å². The van der Waals surface area contributed by atoms with Crippen molar-refractivity contribution in [2.24, 2.45) is 0 Å². The summed E-state index contributed by atoms with van der Waals surface area (Å²) in [6.07, 6.45) is 0. The van der Waals surface area contributed by atoms with Gasteiger partial charge in [-0.05, 0) is 12.1 Å². The summed E-state index contributed by atoms with van der Waals surface area (Å²) in [5.74, 6) is -6.94. The van der Waals surface area contributed by atoms with Gasteiger partial charge >= 0.3 is 0 Å². The maximum absolute atomic E-state index is 13.7. The van der Waals surface area contributed by atoms with E-state index in [0.717, 1.165) is 11.8 Å². The lowest BCUT2D eigenvalue weighted by Gasteiger charge is -2.21. The van der Waals surface area contributed by atoms with Crippen LogP contribution in [-0.4, -0.2) is 4.55 Å². The van der Waals surface area contributed by atoms with Crippen LogP contribution in [0.25, 0.3) is 0 Å². The monoisotopic (exact) mass is 304 g/mol. The molecule has 0 amide bonds. The fraction of sp³-hybridized carbons (Fsp3) is 0. The molecule has 7 heteroatoms. The average Bonchev–Trinajstić information content (AvgIpc) is 2.43. The van der Waals surface area contributed by atoms with Crippen molar-refractivity contribution in [3.63, 3.8) is 0 Å². The molecule has 1 aliphatic heterocycles. The largest absolute Gasteiger partial charge is 0.606 e. The second-order valence-corrected chi connectivity index (χ2v) is 6.17. The van der Waals surface area contributed by atoms with Gasteiger partial charge in [-0.15, -0.1) is 0 Å². The lowest BCUT2D eigenvalue weighted by Crippen LogP contribution is -2.15. The summed E-state index contributed by atoms with van der Waals surface area (Å²) in [6, 6.07) is 6.23. The summed E-state index contributed by atoms with van der Waals surface area (Å²) >= 11 is -1.34. The Morgan fingerprint density at radius 2 is 1.53 bits per heavy atom. The van der Waals surface area contributed by atoms with Crippen LogP contribution in [0.2, 0.25) is 0 Å². The van der Waals surface area contributed by atoms with Crippen molar-refractivity contribution >= 4 is 22.9 Å². The third-order valence-corrected chi connectivity index (χ3v) is 5.56. The van der Waals surface area contributed by atoms with E-state index < -0.39 is 44.2 Å². The van der Waals surface area contributed by atoms with E-state index in [1.54, 1.807) is 18.2 Å². The molecule has 0 aromatic heterocycles. The highest BCUT2D eigenvalue weighted by molar-refractivity contribution is 8.02. The lowest BCUT2D eigenvalue weighted by molar-refractivity contribution is 0.381. The summed E-state index contributed by atoms with van der Waals surface area (Å²) < 4.78 is 65.9. The molecular weight excluding hydrogens is 300 g/mol. The second-order valence-electron chi connectivity index (χ2n) is 3.73. The van der Waals surface area contributed by atoms with Gasteiger partial charge in [-0.1, -0.05) is 23.9 Å². The van der Waals surface area contributed by atoms with Crippen molar-refractivity contribution in [2.45, 2.75) is 19.6 Å². The number of benzene rings is 2. The number of fused-ring (bicyclic) bond motifs is 2. The van der Waals surface area contributed by atoms with E-state index in [1.807, 2.05) is 0 Å². The molecule has 0 radical (unpaired) electrons. The normalized spacial score (nSPS) is 17.0. The number of hydrogen-bond acceptors (Lipinski definition) is 2. The third kappa shape index (κ3) is 1.76. The van der Waals surface area contributed by atoms with Crippen LogP contribution in [-0.2, 0) is 11.2 Å². The Bertz CT molecular complexity index is 690. The second kappa shape index (κ2) is 4.43. The van der Waals surface area contributed by atoms with Crippen molar-refractivity contribution in [1.29, 1.82) is 0 Å². The zero-order chi connectivity index (χ0) is 13.7. The summed E-state index contributed by atoms with van der Waals surface area (Å²) in [7, 11) is 0. The van der Waals surface area contributed by atoms with Crippen LogP contribution in [0, 0.1) is 23.3 Å². The van der Waals surface area contributed by atoms with Gasteiger partial charge in [-0.2, -0.15) is 4.39 Å². The molecule has 0 N–H and O–H groups in total. The molecule has 1 atom stereocenters. The highest BCUT2D eigenvalue weighted by atomic mass is 32.2. The van der Waals surface area contributed by atoms with Crippen molar-refractivity contribution in [2.75, 3.05) is 0 Å². The molecule has 0 saturated heterocycles. The predicted octanol–water partition coefficient (Wildman–Crippen LogP) is 3.87. The molecule has 3 rings (SSSR count). The van der Waals surface area contributed by atoms with Crippen LogP contribution in [0.5, 0.6) is 0 Å². The maximum atomic E-state index is 13.7. The van der Waals surface area contributed by atoms with Gasteiger partial charge in [-0.3, -0.25) is 0 Å². The zero-order valence-electron chi connectivity index (χ0n) is 9.05. The Balaban J connectivity index is 2.32. The molecule has 0 spiro atoms. The van der Waals surface area contributed by atoms with Crippen LogP contribution in [0.3, 0.4) is 0 Å². The van der Waals surface area contributed by atoms with Crippen LogP contribution in [0.15, 0.2) is 43.8 Å². The van der Waals surface area contributed by atoms with Gasteiger partial charge in [0.25, 0.3) is 0 Å². The third-order valence-electron chi connectivity index (χ3n) is 2.63. The first-order valence-electron chi connectivity index (χ1n) is 5.07. The van der Waals surface area contributed by atoms with Gasteiger partial charge in [-0.25, -0.2) is 13.2 Å². The molecule has 2 aromatic rings. The molecule has 1 unspecified atom stereocenters. The molecule has 1 nitrogen and oxygen atoms in total. The van der Waals surface area contributed by atoms with Gasteiger partial charge in [0.2, 0.25) is 16.5 Å². The Morgan fingerprint density at radius 1 is 0.895 bits per heavy atom. The Kier molecular flexibility index (Phi) is 2.99. The quantitative estimate of drug-likeness (QED) is 0.319. The van der Waals surface area contributed by atoms with E-state index in [-0.39, 0.29) is 4.90 Å². The maximum Gasteiger partial charge on any atom is 0.218 e. The molecule has 2 aromatic carbocycles. The fourth-order valence-corrected chi connectivity index (χ4v) is 4.54. The van der Waals surface area contributed by atoms with Crippen molar-refractivity contribution in [3.8, 4) is 0 Å². The molecule has 19 heavy (non-hydrogen) atoms. The minimum Gasteiger partial charge on any atom is -0.606 e. The number of halogens is 4. The highest BCUT2D eigenvalue weighted by Gasteiger charge is 2.38. The molecule has 1 aliphatic rings. The minimum atomic E-state index is -2.07. The minimum absolute atomic E-state index is 0.254. The molecule has 0 aliphatic carbocycles. The van der Waals surface area contributed by atoms with E-state index in [1.165, 1.54) is 6.07 Å². The summed E-state index contributed by atoms with van der Waals surface area (Å²) in [5, 5.41) is 0. The van der Waals surface area contributed by atoms with Gasteiger partial charge in [0, 0.05) is 11.2 Å². The van der Waals surface area contributed by atoms with Gasteiger partial charge in [0.15, 0.2) is 16.5 Å². The Hall–Kier alpha value is -1.18. The van der Waals surface area contributed by atoms with E-state index in [2.05, 4.69) is 0 Å². The van der Waals surface area contributed by atoms with Crippen molar-refractivity contribution < 1.29 is 22.1 Å². The van der Waals surface area contributed by atoms with E-state index >= 15 is 0 Å². The van der Waals surface area contributed by atoms with Crippen LogP contribution < -0.4 is 0 Å². The van der Waals surface area contributed by atoms with Gasteiger partial charge in [0.05, 0.1) is 4.90 Å². The zero-order valence-corrected chi connectivity index (χ0v) is 10.7.